The molecule has 146 valence electrons. The molecule has 1 aliphatic rings. The lowest BCUT2D eigenvalue weighted by Gasteiger charge is -2.19. The zero-order valence-corrected chi connectivity index (χ0v) is 16.2. The maximum Gasteiger partial charge on any atom is 0.191 e. The first kappa shape index (κ1) is 18.5. The lowest BCUT2D eigenvalue weighted by Crippen LogP contribution is -2.41. The average Bonchev–Trinajstić information content (AvgIpc) is 3.40. The standard InChI is InChI=1S/C22H26FN5/c1-24-21(26-15-22(11-12-22)17-7-2-3-8-18(17)23)25-13-6-14-28-16-27-19-9-4-5-10-20(19)28/h2-5,7-10,16H,6,11-15H2,1H3,(H2,24,25,26). The summed E-state index contributed by atoms with van der Waals surface area (Å²) in [4.78, 5) is 8.72. The topological polar surface area (TPSA) is 54.2 Å². The van der Waals surface area contributed by atoms with E-state index >= 15 is 0 Å². The summed E-state index contributed by atoms with van der Waals surface area (Å²) in [6, 6.07) is 15.3. The minimum Gasteiger partial charge on any atom is -0.356 e. The molecular formula is C22H26FN5. The van der Waals surface area contributed by atoms with E-state index in [9.17, 15) is 4.39 Å². The van der Waals surface area contributed by atoms with Crippen molar-refractivity contribution in [3.05, 3.63) is 66.2 Å². The zero-order chi connectivity index (χ0) is 19.4. The number of nitrogens with one attached hydrogen (secondary N) is 2. The Kier molecular flexibility index (Phi) is 5.28. The van der Waals surface area contributed by atoms with Crippen molar-refractivity contribution in [2.45, 2.75) is 31.2 Å². The average molecular weight is 379 g/mol. The molecule has 3 aromatic rings. The van der Waals surface area contributed by atoms with E-state index in [1.54, 1.807) is 19.2 Å². The summed E-state index contributed by atoms with van der Waals surface area (Å²) in [5.41, 5.74) is 2.89. The first-order valence-corrected chi connectivity index (χ1v) is 9.81. The number of guanidine groups is 1. The van der Waals surface area contributed by atoms with Crippen molar-refractivity contribution in [2.75, 3.05) is 20.1 Å². The number of nitrogens with zero attached hydrogens (tertiary/aromatic N) is 3. The highest BCUT2D eigenvalue weighted by atomic mass is 19.1. The fraction of sp³-hybridized carbons (Fsp3) is 0.364. The SMILES string of the molecule is CN=C(NCCCn1cnc2ccccc21)NCC1(c2ccccc2F)CC1. The van der Waals surface area contributed by atoms with E-state index in [0.29, 0.717) is 6.54 Å². The fourth-order valence-electron chi connectivity index (χ4n) is 3.70. The largest absolute Gasteiger partial charge is 0.356 e. The predicted octanol–water partition coefficient (Wildman–Crippen LogP) is 3.46. The van der Waals surface area contributed by atoms with Crippen molar-refractivity contribution in [1.82, 2.24) is 20.2 Å². The van der Waals surface area contributed by atoms with E-state index in [-0.39, 0.29) is 11.2 Å². The highest BCUT2D eigenvalue weighted by Crippen LogP contribution is 2.48. The van der Waals surface area contributed by atoms with Gasteiger partial charge in [-0.25, -0.2) is 9.37 Å². The van der Waals surface area contributed by atoms with Gasteiger partial charge in [-0.2, -0.15) is 0 Å². The monoisotopic (exact) mass is 379 g/mol. The van der Waals surface area contributed by atoms with Gasteiger partial charge in [0.1, 0.15) is 5.82 Å². The van der Waals surface area contributed by atoms with E-state index < -0.39 is 0 Å². The Morgan fingerprint density at radius 3 is 2.71 bits per heavy atom. The number of para-hydroxylation sites is 2. The molecule has 28 heavy (non-hydrogen) atoms. The van der Waals surface area contributed by atoms with Crippen LogP contribution in [0.15, 0.2) is 59.9 Å². The highest BCUT2D eigenvalue weighted by molar-refractivity contribution is 5.79. The van der Waals surface area contributed by atoms with E-state index in [1.807, 2.05) is 36.7 Å². The summed E-state index contributed by atoms with van der Waals surface area (Å²) >= 11 is 0. The molecule has 2 N–H and O–H groups in total. The summed E-state index contributed by atoms with van der Waals surface area (Å²) < 4.78 is 16.3. The lowest BCUT2D eigenvalue weighted by atomic mass is 9.95. The van der Waals surface area contributed by atoms with Gasteiger partial charge in [0, 0.05) is 32.1 Å². The molecule has 0 saturated heterocycles. The summed E-state index contributed by atoms with van der Waals surface area (Å²) in [6.07, 6.45) is 4.86. The minimum atomic E-state index is -0.114. The quantitative estimate of drug-likeness (QED) is 0.376. The molecule has 1 heterocycles. The first-order chi connectivity index (χ1) is 13.7. The Morgan fingerprint density at radius 2 is 1.93 bits per heavy atom. The van der Waals surface area contributed by atoms with Crippen LogP contribution in [0.5, 0.6) is 0 Å². The van der Waals surface area contributed by atoms with Gasteiger partial charge >= 0.3 is 0 Å². The number of imidazole rings is 1. The summed E-state index contributed by atoms with van der Waals surface area (Å²) in [5, 5.41) is 6.73. The summed E-state index contributed by atoms with van der Waals surface area (Å²) in [6.45, 7) is 2.39. The van der Waals surface area contributed by atoms with Gasteiger partial charge < -0.3 is 15.2 Å². The van der Waals surface area contributed by atoms with Gasteiger partial charge in [0.2, 0.25) is 0 Å². The molecule has 1 aromatic heterocycles. The Bertz CT molecular complexity index is 974. The van der Waals surface area contributed by atoms with Gasteiger partial charge in [-0.3, -0.25) is 4.99 Å². The van der Waals surface area contributed by atoms with Crippen LogP contribution in [0, 0.1) is 5.82 Å². The fourth-order valence-corrected chi connectivity index (χ4v) is 3.70. The first-order valence-electron chi connectivity index (χ1n) is 9.81. The minimum absolute atomic E-state index is 0.0985. The van der Waals surface area contributed by atoms with Gasteiger partial charge in [0.25, 0.3) is 0 Å². The van der Waals surface area contributed by atoms with Crippen molar-refractivity contribution in [1.29, 1.82) is 0 Å². The molecule has 1 aliphatic carbocycles. The van der Waals surface area contributed by atoms with Gasteiger partial charge in [-0.05, 0) is 43.0 Å². The van der Waals surface area contributed by atoms with Crippen LogP contribution < -0.4 is 10.6 Å². The number of aromatic nitrogens is 2. The molecule has 2 aromatic carbocycles. The van der Waals surface area contributed by atoms with Crippen LogP contribution in [-0.4, -0.2) is 35.6 Å². The van der Waals surface area contributed by atoms with Gasteiger partial charge in [0.15, 0.2) is 5.96 Å². The number of fused-ring (bicyclic) bond motifs is 1. The van der Waals surface area contributed by atoms with Crippen LogP contribution in [0.3, 0.4) is 0 Å². The van der Waals surface area contributed by atoms with Crippen molar-refractivity contribution < 1.29 is 4.39 Å². The molecule has 0 unspecified atom stereocenters. The second-order valence-corrected chi connectivity index (χ2v) is 7.39. The third-order valence-electron chi connectivity index (χ3n) is 5.51. The molecule has 0 bridgehead atoms. The Labute approximate surface area is 164 Å². The molecule has 4 rings (SSSR count). The highest BCUT2D eigenvalue weighted by Gasteiger charge is 2.45. The normalized spacial score (nSPS) is 15.6. The van der Waals surface area contributed by atoms with E-state index in [1.165, 1.54) is 0 Å². The number of aryl methyl sites for hydroxylation is 1. The van der Waals surface area contributed by atoms with Gasteiger partial charge in [-0.1, -0.05) is 30.3 Å². The van der Waals surface area contributed by atoms with Crippen LogP contribution in [0.2, 0.25) is 0 Å². The molecule has 0 amide bonds. The summed E-state index contributed by atoms with van der Waals surface area (Å²) in [5.74, 6) is 0.649. The van der Waals surface area contributed by atoms with Gasteiger partial charge in [-0.15, -0.1) is 0 Å². The van der Waals surface area contributed by atoms with Crippen LogP contribution in [0.4, 0.5) is 4.39 Å². The number of halogens is 1. The van der Waals surface area contributed by atoms with Crippen LogP contribution in [0.1, 0.15) is 24.8 Å². The van der Waals surface area contributed by atoms with E-state index in [4.69, 9.17) is 0 Å². The third-order valence-corrected chi connectivity index (χ3v) is 5.51. The predicted molar refractivity (Wildman–Crippen MR) is 111 cm³/mol. The Balaban J connectivity index is 1.26. The van der Waals surface area contributed by atoms with E-state index in [0.717, 1.165) is 54.9 Å². The molecule has 1 saturated carbocycles. The van der Waals surface area contributed by atoms with Crippen LogP contribution >= 0.6 is 0 Å². The van der Waals surface area contributed by atoms with Crippen molar-refractivity contribution in [3.63, 3.8) is 0 Å². The van der Waals surface area contributed by atoms with Crippen LogP contribution in [0.25, 0.3) is 11.0 Å². The molecular weight excluding hydrogens is 353 g/mol. The molecule has 6 heteroatoms. The molecule has 5 nitrogen and oxygen atoms in total. The van der Waals surface area contributed by atoms with E-state index in [2.05, 4.69) is 31.2 Å². The third kappa shape index (κ3) is 3.86. The number of hydrogen-bond donors (Lipinski definition) is 2. The second kappa shape index (κ2) is 8.00. The molecule has 0 spiro atoms. The number of hydrogen-bond acceptors (Lipinski definition) is 2. The van der Waals surface area contributed by atoms with Crippen molar-refractivity contribution in [2.24, 2.45) is 4.99 Å². The number of rotatable bonds is 7. The maximum atomic E-state index is 14.1. The summed E-state index contributed by atoms with van der Waals surface area (Å²) in [7, 11) is 1.77. The lowest BCUT2D eigenvalue weighted by molar-refractivity contribution is 0.558. The number of benzene rings is 2. The Morgan fingerprint density at radius 1 is 1.14 bits per heavy atom. The molecule has 0 atom stereocenters. The van der Waals surface area contributed by atoms with Crippen LogP contribution in [-0.2, 0) is 12.0 Å². The van der Waals surface area contributed by atoms with Crippen molar-refractivity contribution >= 4 is 17.0 Å². The number of aliphatic imine (C=N–C) groups is 1. The molecule has 1 fully saturated rings. The zero-order valence-electron chi connectivity index (χ0n) is 16.2. The van der Waals surface area contributed by atoms with Crippen molar-refractivity contribution in [3.8, 4) is 0 Å². The molecule has 0 aliphatic heterocycles. The second-order valence-electron chi connectivity index (χ2n) is 7.39. The van der Waals surface area contributed by atoms with Gasteiger partial charge in [0.05, 0.1) is 17.4 Å². The smallest absolute Gasteiger partial charge is 0.191 e. The molecule has 0 radical (unpaired) electrons. The maximum absolute atomic E-state index is 14.1. The Hall–Kier alpha value is -2.89.